The summed E-state index contributed by atoms with van der Waals surface area (Å²) in [6, 6.07) is 3.64. The zero-order valence-corrected chi connectivity index (χ0v) is 8.92. The van der Waals surface area contributed by atoms with E-state index >= 15 is 0 Å². The van der Waals surface area contributed by atoms with Crippen LogP contribution in [0.4, 0.5) is 0 Å². The third kappa shape index (κ3) is 2.14. The van der Waals surface area contributed by atoms with Gasteiger partial charge in [-0.05, 0) is 19.1 Å². The molecule has 82 valence electrons. The third-order valence-corrected chi connectivity index (χ3v) is 2.09. The van der Waals surface area contributed by atoms with Gasteiger partial charge in [-0.1, -0.05) is 0 Å². The molecule has 2 rings (SSSR count). The van der Waals surface area contributed by atoms with E-state index in [2.05, 4.69) is 15.0 Å². The highest BCUT2D eigenvalue weighted by atomic mass is 16.5. The van der Waals surface area contributed by atoms with E-state index in [4.69, 9.17) is 10.5 Å². The molecule has 16 heavy (non-hydrogen) atoms. The molecule has 5 nitrogen and oxygen atoms in total. The molecule has 2 aromatic rings. The lowest BCUT2D eigenvalue weighted by molar-refractivity contribution is 0.446. The van der Waals surface area contributed by atoms with Crippen molar-refractivity contribution in [3.05, 3.63) is 42.1 Å². The summed E-state index contributed by atoms with van der Waals surface area (Å²) in [6.07, 6.45) is 4.87. The molecule has 0 bridgehead atoms. The molecule has 0 saturated carbocycles. The molecule has 5 heteroatoms. The number of hydrogen-bond donors (Lipinski definition) is 1. The van der Waals surface area contributed by atoms with Crippen molar-refractivity contribution in [2.24, 2.45) is 5.73 Å². The molecule has 0 spiro atoms. The second-order valence-electron chi connectivity index (χ2n) is 3.20. The largest absolute Gasteiger partial charge is 0.435 e. The minimum absolute atomic E-state index is 0.294. The summed E-state index contributed by atoms with van der Waals surface area (Å²) in [4.78, 5) is 12.3. The van der Waals surface area contributed by atoms with Gasteiger partial charge in [-0.3, -0.25) is 9.97 Å². The minimum atomic E-state index is 0.294. The highest BCUT2D eigenvalue weighted by Gasteiger charge is 2.07. The van der Waals surface area contributed by atoms with Crippen LogP contribution in [0, 0.1) is 6.92 Å². The van der Waals surface area contributed by atoms with Crippen LogP contribution in [0.5, 0.6) is 11.6 Å². The molecular formula is C11H12N4O. The van der Waals surface area contributed by atoms with Crippen LogP contribution in [0.25, 0.3) is 0 Å². The highest BCUT2D eigenvalue weighted by Crippen LogP contribution is 2.22. The van der Waals surface area contributed by atoms with Gasteiger partial charge in [-0.2, -0.15) is 0 Å². The average Bonchev–Trinajstić information content (AvgIpc) is 2.33. The second-order valence-corrected chi connectivity index (χ2v) is 3.20. The molecule has 0 aliphatic heterocycles. The van der Waals surface area contributed by atoms with Gasteiger partial charge in [0.1, 0.15) is 5.69 Å². The van der Waals surface area contributed by atoms with Crippen molar-refractivity contribution >= 4 is 0 Å². The first kappa shape index (κ1) is 10.5. The predicted molar refractivity (Wildman–Crippen MR) is 59.0 cm³/mol. The summed E-state index contributed by atoms with van der Waals surface area (Å²) < 4.78 is 5.62. The number of nitrogens with zero attached hydrogens (tertiary/aromatic N) is 3. The fourth-order valence-corrected chi connectivity index (χ4v) is 1.26. The molecule has 2 heterocycles. The van der Waals surface area contributed by atoms with Crippen molar-refractivity contribution in [2.45, 2.75) is 13.5 Å². The molecule has 0 fully saturated rings. The molecular weight excluding hydrogens is 204 g/mol. The Morgan fingerprint density at radius 1 is 1.19 bits per heavy atom. The maximum absolute atomic E-state index is 5.62. The van der Waals surface area contributed by atoms with Crippen LogP contribution in [0.15, 0.2) is 30.7 Å². The van der Waals surface area contributed by atoms with Gasteiger partial charge in [0.15, 0.2) is 5.75 Å². The van der Waals surface area contributed by atoms with Gasteiger partial charge in [0.2, 0.25) is 5.88 Å². The zero-order chi connectivity index (χ0) is 11.4. The minimum Gasteiger partial charge on any atom is -0.435 e. The van der Waals surface area contributed by atoms with Crippen molar-refractivity contribution in [1.29, 1.82) is 0 Å². The maximum atomic E-state index is 5.62. The molecule has 0 aromatic carbocycles. The van der Waals surface area contributed by atoms with Crippen LogP contribution in [0.2, 0.25) is 0 Å². The SMILES string of the molecule is Cc1ncccc1Oc1nccnc1CN. The van der Waals surface area contributed by atoms with Crippen LogP contribution >= 0.6 is 0 Å². The molecule has 2 N–H and O–H groups in total. The first-order valence-electron chi connectivity index (χ1n) is 4.90. The Kier molecular flexibility index (Phi) is 3.07. The van der Waals surface area contributed by atoms with Crippen molar-refractivity contribution in [3.8, 4) is 11.6 Å². The summed E-state index contributed by atoms with van der Waals surface area (Å²) in [7, 11) is 0. The Morgan fingerprint density at radius 2 is 2.00 bits per heavy atom. The number of ether oxygens (including phenoxy) is 1. The molecule has 0 aliphatic rings. The van der Waals surface area contributed by atoms with Crippen LogP contribution in [0.3, 0.4) is 0 Å². The summed E-state index contributed by atoms with van der Waals surface area (Å²) >= 11 is 0. The molecule has 0 aliphatic carbocycles. The average molecular weight is 216 g/mol. The first-order chi connectivity index (χ1) is 7.81. The second kappa shape index (κ2) is 4.67. The summed E-state index contributed by atoms with van der Waals surface area (Å²) in [6.45, 7) is 2.16. The van der Waals surface area contributed by atoms with Crippen molar-refractivity contribution in [1.82, 2.24) is 15.0 Å². The molecule has 0 radical (unpaired) electrons. The Labute approximate surface area is 93.3 Å². The smallest absolute Gasteiger partial charge is 0.242 e. The molecule has 2 aromatic heterocycles. The van der Waals surface area contributed by atoms with Crippen LogP contribution in [0.1, 0.15) is 11.4 Å². The van der Waals surface area contributed by atoms with Crippen LogP contribution in [-0.2, 0) is 6.54 Å². The van der Waals surface area contributed by atoms with Gasteiger partial charge in [0, 0.05) is 25.1 Å². The Hall–Kier alpha value is -2.01. The standard InChI is InChI=1S/C11H12N4O/c1-8-10(3-2-4-13-8)16-11-9(7-12)14-5-6-15-11/h2-6H,7,12H2,1H3. The van der Waals surface area contributed by atoms with Gasteiger partial charge >= 0.3 is 0 Å². The fraction of sp³-hybridized carbons (Fsp3) is 0.182. The number of hydrogen-bond acceptors (Lipinski definition) is 5. The molecule has 0 saturated heterocycles. The van der Waals surface area contributed by atoms with E-state index in [1.165, 1.54) is 0 Å². The van der Waals surface area contributed by atoms with Crippen molar-refractivity contribution in [3.63, 3.8) is 0 Å². The maximum Gasteiger partial charge on any atom is 0.242 e. The Balaban J connectivity index is 2.30. The van der Waals surface area contributed by atoms with Crippen molar-refractivity contribution in [2.75, 3.05) is 0 Å². The van der Waals surface area contributed by atoms with Crippen LogP contribution < -0.4 is 10.5 Å². The number of pyridine rings is 1. The molecule has 0 unspecified atom stereocenters. The Morgan fingerprint density at radius 3 is 2.75 bits per heavy atom. The number of rotatable bonds is 3. The van der Waals surface area contributed by atoms with Crippen molar-refractivity contribution < 1.29 is 4.74 Å². The number of nitrogens with two attached hydrogens (primary N) is 1. The monoisotopic (exact) mass is 216 g/mol. The van der Waals surface area contributed by atoms with E-state index in [9.17, 15) is 0 Å². The summed E-state index contributed by atoms with van der Waals surface area (Å²) in [5.41, 5.74) is 6.98. The van der Waals surface area contributed by atoms with Gasteiger partial charge < -0.3 is 10.5 Å². The van der Waals surface area contributed by atoms with E-state index < -0.39 is 0 Å². The third-order valence-electron chi connectivity index (χ3n) is 2.09. The van der Waals surface area contributed by atoms with Gasteiger partial charge in [-0.25, -0.2) is 4.98 Å². The summed E-state index contributed by atoms with van der Waals surface area (Å²) in [5.74, 6) is 1.10. The number of aryl methyl sites for hydroxylation is 1. The topological polar surface area (TPSA) is 73.9 Å². The van der Waals surface area contributed by atoms with Gasteiger partial charge in [0.05, 0.1) is 5.69 Å². The molecule has 0 atom stereocenters. The molecule has 0 amide bonds. The quantitative estimate of drug-likeness (QED) is 0.840. The lowest BCUT2D eigenvalue weighted by atomic mass is 10.3. The first-order valence-corrected chi connectivity index (χ1v) is 4.90. The van der Waals surface area contributed by atoms with Gasteiger partial charge in [0.25, 0.3) is 0 Å². The van der Waals surface area contributed by atoms with E-state index in [0.29, 0.717) is 23.9 Å². The number of aromatic nitrogens is 3. The lowest BCUT2D eigenvalue weighted by Gasteiger charge is -2.08. The van der Waals surface area contributed by atoms with E-state index in [1.54, 1.807) is 24.7 Å². The van der Waals surface area contributed by atoms with E-state index in [1.807, 2.05) is 13.0 Å². The summed E-state index contributed by atoms with van der Waals surface area (Å²) in [5, 5.41) is 0. The fourth-order valence-electron chi connectivity index (χ4n) is 1.26. The van der Waals surface area contributed by atoms with E-state index in [0.717, 1.165) is 5.69 Å². The highest BCUT2D eigenvalue weighted by molar-refractivity contribution is 5.31. The normalized spacial score (nSPS) is 10.1. The predicted octanol–water partition coefficient (Wildman–Crippen LogP) is 1.43. The Bertz CT molecular complexity index is 487. The van der Waals surface area contributed by atoms with Crippen LogP contribution in [-0.4, -0.2) is 15.0 Å². The zero-order valence-electron chi connectivity index (χ0n) is 8.92. The van der Waals surface area contributed by atoms with Gasteiger partial charge in [-0.15, -0.1) is 0 Å². The van der Waals surface area contributed by atoms with E-state index in [-0.39, 0.29) is 0 Å². The lowest BCUT2D eigenvalue weighted by Crippen LogP contribution is -2.04.